The first-order valence-electron chi connectivity index (χ1n) is 5.00. The standard InChI is InChI=1S/C13H12FN/c1-2-10-6-7-15-13(8-10)11-4-3-5-12(14)9-11/h3-9H,2H2,1H3. The highest BCUT2D eigenvalue weighted by molar-refractivity contribution is 5.59. The normalized spacial score (nSPS) is 10.3. The second-order valence-corrected chi connectivity index (χ2v) is 3.41. The van der Waals surface area contributed by atoms with Crippen LogP contribution in [-0.2, 0) is 6.42 Å². The summed E-state index contributed by atoms with van der Waals surface area (Å²) in [5.74, 6) is -0.226. The molecular weight excluding hydrogens is 189 g/mol. The van der Waals surface area contributed by atoms with Crippen LogP contribution in [0, 0.1) is 5.82 Å². The van der Waals surface area contributed by atoms with Gasteiger partial charge in [0.25, 0.3) is 0 Å². The molecule has 2 aromatic rings. The van der Waals surface area contributed by atoms with Crippen LogP contribution in [0.3, 0.4) is 0 Å². The summed E-state index contributed by atoms with van der Waals surface area (Å²) in [4.78, 5) is 4.23. The van der Waals surface area contributed by atoms with Crippen LogP contribution in [0.2, 0.25) is 0 Å². The molecule has 15 heavy (non-hydrogen) atoms. The first kappa shape index (κ1) is 9.84. The molecule has 0 bridgehead atoms. The van der Waals surface area contributed by atoms with Crippen molar-refractivity contribution >= 4 is 0 Å². The molecule has 0 saturated heterocycles. The Morgan fingerprint density at radius 2 is 2.07 bits per heavy atom. The minimum absolute atomic E-state index is 0.226. The summed E-state index contributed by atoms with van der Waals surface area (Å²) < 4.78 is 13.0. The van der Waals surface area contributed by atoms with E-state index in [9.17, 15) is 4.39 Å². The SMILES string of the molecule is CCc1ccnc(-c2cccc(F)c2)c1. The summed E-state index contributed by atoms with van der Waals surface area (Å²) in [6, 6.07) is 10.5. The number of hydrogen-bond acceptors (Lipinski definition) is 1. The Morgan fingerprint density at radius 1 is 1.20 bits per heavy atom. The maximum Gasteiger partial charge on any atom is 0.123 e. The molecule has 0 atom stereocenters. The Bertz CT molecular complexity index is 466. The third-order valence-corrected chi connectivity index (χ3v) is 2.35. The molecule has 0 aliphatic rings. The van der Waals surface area contributed by atoms with E-state index in [0.29, 0.717) is 0 Å². The van der Waals surface area contributed by atoms with Crippen molar-refractivity contribution < 1.29 is 4.39 Å². The minimum atomic E-state index is -0.226. The van der Waals surface area contributed by atoms with Crippen LogP contribution in [0.4, 0.5) is 4.39 Å². The Balaban J connectivity index is 2.44. The summed E-state index contributed by atoms with van der Waals surface area (Å²) in [5.41, 5.74) is 2.86. The topological polar surface area (TPSA) is 12.9 Å². The van der Waals surface area contributed by atoms with E-state index >= 15 is 0 Å². The van der Waals surface area contributed by atoms with E-state index in [1.54, 1.807) is 12.3 Å². The summed E-state index contributed by atoms with van der Waals surface area (Å²) in [6.45, 7) is 2.09. The molecule has 1 heterocycles. The van der Waals surface area contributed by atoms with E-state index in [1.807, 2.05) is 18.2 Å². The fraction of sp³-hybridized carbons (Fsp3) is 0.154. The molecule has 1 nitrogen and oxygen atoms in total. The molecule has 2 heteroatoms. The van der Waals surface area contributed by atoms with Gasteiger partial charge in [-0.2, -0.15) is 0 Å². The van der Waals surface area contributed by atoms with Crippen molar-refractivity contribution in [2.75, 3.05) is 0 Å². The first-order valence-corrected chi connectivity index (χ1v) is 5.00. The van der Waals surface area contributed by atoms with Gasteiger partial charge in [0, 0.05) is 11.8 Å². The van der Waals surface area contributed by atoms with Crippen molar-refractivity contribution in [2.45, 2.75) is 13.3 Å². The maximum atomic E-state index is 13.0. The lowest BCUT2D eigenvalue weighted by molar-refractivity contribution is 0.628. The van der Waals surface area contributed by atoms with Gasteiger partial charge in [0.05, 0.1) is 5.69 Å². The van der Waals surface area contributed by atoms with Crippen molar-refractivity contribution in [3.05, 3.63) is 54.0 Å². The molecular formula is C13H12FN. The molecule has 0 saturated carbocycles. The lowest BCUT2D eigenvalue weighted by Crippen LogP contribution is -1.87. The maximum absolute atomic E-state index is 13.0. The number of nitrogens with zero attached hydrogens (tertiary/aromatic N) is 1. The van der Waals surface area contributed by atoms with E-state index in [1.165, 1.54) is 17.7 Å². The van der Waals surface area contributed by atoms with Gasteiger partial charge in [0.1, 0.15) is 5.82 Å². The third-order valence-electron chi connectivity index (χ3n) is 2.35. The number of benzene rings is 1. The molecule has 0 aliphatic carbocycles. The Morgan fingerprint density at radius 3 is 2.80 bits per heavy atom. The largest absolute Gasteiger partial charge is 0.256 e. The average Bonchev–Trinajstić information content (AvgIpc) is 2.29. The highest BCUT2D eigenvalue weighted by Crippen LogP contribution is 2.18. The highest BCUT2D eigenvalue weighted by atomic mass is 19.1. The van der Waals surface area contributed by atoms with Gasteiger partial charge in [0.15, 0.2) is 0 Å². The third kappa shape index (κ3) is 2.21. The summed E-state index contributed by atoms with van der Waals surface area (Å²) >= 11 is 0. The van der Waals surface area contributed by atoms with E-state index in [-0.39, 0.29) is 5.82 Å². The second-order valence-electron chi connectivity index (χ2n) is 3.41. The van der Waals surface area contributed by atoms with Crippen LogP contribution in [0.5, 0.6) is 0 Å². The summed E-state index contributed by atoms with van der Waals surface area (Å²) in [7, 11) is 0. The van der Waals surface area contributed by atoms with Gasteiger partial charge < -0.3 is 0 Å². The Labute approximate surface area is 88.6 Å². The van der Waals surface area contributed by atoms with Crippen LogP contribution in [-0.4, -0.2) is 4.98 Å². The van der Waals surface area contributed by atoms with Gasteiger partial charge in [-0.05, 0) is 36.2 Å². The lowest BCUT2D eigenvalue weighted by Gasteiger charge is -2.02. The van der Waals surface area contributed by atoms with Gasteiger partial charge in [-0.1, -0.05) is 19.1 Å². The molecule has 76 valence electrons. The summed E-state index contributed by atoms with van der Waals surface area (Å²) in [5, 5.41) is 0. The number of pyridine rings is 1. The highest BCUT2D eigenvalue weighted by Gasteiger charge is 2.00. The average molecular weight is 201 g/mol. The van der Waals surface area contributed by atoms with E-state index in [0.717, 1.165) is 17.7 Å². The predicted molar refractivity (Wildman–Crippen MR) is 59.0 cm³/mol. The number of aromatic nitrogens is 1. The van der Waals surface area contributed by atoms with Gasteiger partial charge in [0.2, 0.25) is 0 Å². The molecule has 0 N–H and O–H groups in total. The first-order chi connectivity index (χ1) is 7.29. The Kier molecular flexibility index (Phi) is 2.77. The van der Waals surface area contributed by atoms with Crippen molar-refractivity contribution in [1.82, 2.24) is 4.98 Å². The van der Waals surface area contributed by atoms with Gasteiger partial charge >= 0.3 is 0 Å². The molecule has 1 aromatic heterocycles. The number of aryl methyl sites for hydroxylation is 1. The molecule has 0 fully saturated rings. The van der Waals surface area contributed by atoms with E-state index in [2.05, 4.69) is 11.9 Å². The second kappa shape index (κ2) is 4.22. The van der Waals surface area contributed by atoms with Crippen LogP contribution in [0.25, 0.3) is 11.3 Å². The van der Waals surface area contributed by atoms with Crippen LogP contribution in [0.15, 0.2) is 42.6 Å². The number of rotatable bonds is 2. The van der Waals surface area contributed by atoms with Gasteiger partial charge in [-0.15, -0.1) is 0 Å². The van der Waals surface area contributed by atoms with E-state index in [4.69, 9.17) is 0 Å². The van der Waals surface area contributed by atoms with Crippen LogP contribution >= 0.6 is 0 Å². The molecule has 0 spiro atoms. The number of hydrogen-bond donors (Lipinski definition) is 0. The quantitative estimate of drug-likeness (QED) is 0.725. The van der Waals surface area contributed by atoms with Crippen molar-refractivity contribution in [2.24, 2.45) is 0 Å². The van der Waals surface area contributed by atoms with E-state index < -0.39 is 0 Å². The van der Waals surface area contributed by atoms with Crippen molar-refractivity contribution in [3.8, 4) is 11.3 Å². The predicted octanol–water partition coefficient (Wildman–Crippen LogP) is 3.45. The van der Waals surface area contributed by atoms with Crippen molar-refractivity contribution in [3.63, 3.8) is 0 Å². The molecule has 1 aromatic carbocycles. The van der Waals surface area contributed by atoms with Crippen LogP contribution < -0.4 is 0 Å². The van der Waals surface area contributed by atoms with Crippen LogP contribution in [0.1, 0.15) is 12.5 Å². The molecule has 0 aliphatic heterocycles. The summed E-state index contributed by atoms with van der Waals surface area (Å²) in [6.07, 6.45) is 2.73. The van der Waals surface area contributed by atoms with Gasteiger partial charge in [-0.25, -0.2) is 4.39 Å². The smallest absolute Gasteiger partial charge is 0.123 e. The molecule has 2 rings (SSSR count). The lowest BCUT2D eigenvalue weighted by atomic mass is 10.1. The zero-order valence-corrected chi connectivity index (χ0v) is 8.57. The Hall–Kier alpha value is -1.70. The monoisotopic (exact) mass is 201 g/mol. The fourth-order valence-electron chi connectivity index (χ4n) is 1.50. The van der Waals surface area contributed by atoms with Crippen molar-refractivity contribution in [1.29, 1.82) is 0 Å². The zero-order valence-electron chi connectivity index (χ0n) is 8.57. The molecule has 0 radical (unpaired) electrons. The molecule has 0 amide bonds. The fourth-order valence-corrected chi connectivity index (χ4v) is 1.50. The zero-order chi connectivity index (χ0) is 10.7. The van der Waals surface area contributed by atoms with Gasteiger partial charge in [-0.3, -0.25) is 4.98 Å². The number of halogens is 1. The molecule has 0 unspecified atom stereocenters. The minimum Gasteiger partial charge on any atom is -0.256 e.